The highest BCUT2D eigenvalue weighted by atomic mass is 32.2. The number of aromatic nitrogens is 2. The number of ketones is 1. The van der Waals surface area contributed by atoms with Crippen molar-refractivity contribution in [3.05, 3.63) is 70.2 Å². The third-order valence-corrected chi connectivity index (χ3v) is 6.50. The standard InChI is InChI=1S/C20H18FN3OS/c21-13-5-4-12(10-16(13)24-8-7-22-11-24)18-19-14(2-1-3-17(19)25)23-15-6-9-26-20(15)18/h4-5,7-8,10-11,18,23H,1-3,6,9H2. The molecule has 3 aliphatic rings. The van der Waals surface area contributed by atoms with Crippen molar-refractivity contribution in [1.82, 2.24) is 14.9 Å². The van der Waals surface area contributed by atoms with Crippen LogP contribution in [-0.2, 0) is 4.79 Å². The predicted octanol–water partition coefficient (Wildman–Crippen LogP) is 4.05. The zero-order valence-corrected chi connectivity index (χ0v) is 15.0. The Morgan fingerprint density at radius 2 is 2.15 bits per heavy atom. The van der Waals surface area contributed by atoms with E-state index in [9.17, 15) is 9.18 Å². The van der Waals surface area contributed by atoms with E-state index in [0.717, 1.165) is 41.8 Å². The normalized spacial score (nSPS) is 22.3. The minimum atomic E-state index is -0.293. The number of allylic oxidation sites excluding steroid dienone is 4. The third-order valence-electron chi connectivity index (χ3n) is 5.30. The summed E-state index contributed by atoms with van der Waals surface area (Å²) in [7, 11) is 0. The van der Waals surface area contributed by atoms with Crippen molar-refractivity contribution in [2.45, 2.75) is 31.6 Å². The second kappa shape index (κ2) is 6.13. The van der Waals surface area contributed by atoms with E-state index in [1.165, 1.54) is 16.7 Å². The lowest BCUT2D eigenvalue weighted by Crippen LogP contribution is -2.30. The molecule has 0 fully saturated rings. The zero-order chi connectivity index (χ0) is 17.7. The van der Waals surface area contributed by atoms with Crippen molar-refractivity contribution in [1.29, 1.82) is 0 Å². The van der Waals surface area contributed by atoms with Gasteiger partial charge in [0.15, 0.2) is 5.78 Å². The van der Waals surface area contributed by atoms with Crippen LogP contribution in [0.5, 0.6) is 0 Å². The van der Waals surface area contributed by atoms with Crippen LogP contribution in [0, 0.1) is 5.82 Å². The van der Waals surface area contributed by atoms with E-state index in [0.29, 0.717) is 12.1 Å². The maximum absolute atomic E-state index is 14.4. The molecule has 0 amide bonds. The number of rotatable bonds is 2. The molecule has 3 heterocycles. The first-order valence-electron chi connectivity index (χ1n) is 8.89. The Kier molecular flexibility index (Phi) is 3.74. The van der Waals surface area contributed by atoms with Crippen molar-refractivity contribution in [2.24, 2.45) is 0 Å². The predicted molar refractivity (Wildman–Crippen MR) is 99.4 cm³/mol. The van der Waals surface area contributed by atoms with Gasteiger partial charge in [0.2, 0.25) is 0 Å². The molecule has 0 saturated heterocycles. The van der Waals surface area contributed by atoms with Gasteiger partial charge in [-0.05, 0) is 37.0 Å². The molecule has 26 heavy (non-hydrogen) atoms. The Morgan fingerprint density at radius 3 is 3.00 bits per heavy atom. The number of carbonyl (C=O) groups is 1. The van der Waals surface area contributed by atoms with Gasteiger partial charge >= 0.3 is 0 Å². The van der Waals surface area contributed by atoms with E-state index >= 15 is 0 Å². The average molecular weight is 367 g/mol. The molecule has 1 aromatic carbocycles. The number of thioether (sulfide) groups is 1. The van der Waals surface area contributed by atoms with Gasteiger partial charge in [-0.25, -0.2) is 9.37 Å². The summed E-state index contributed by atoms with van der Waals surface area (Å²) in [6.45, 7) is 0. The topological polar surface area (TPSA) is 46.9 Å². The number of hydrogen-bond acceptors (Lipinski definition) is 4. The Labute approximate surface area is 155 Å². The maximum atomic E-state index is 14.4. The van der Waals surface area contributed by atoms with Crippen LogP contribution in [0.1, 0.15) is 37.2 Å². The van der Waals surface area contributed by atoms with E-state index in [2.05, 4.69) is 10.3 Å². The molecule has 1 unspecified atom stereocenters. The first-order chi connectivity index (χ1) is 12.7. The van der Waals surface area contributed by atoms with E-state index in [1.807, 2.05) is 23.9 Å². The van der Waals surface area contributed by atoms with Gasteiger partial charge in [-0.1, -0.05) is 6.07 Å². The highest BCUT2D eigenvalue weighted by Gasteiger charge is 2.38. The lowest BCUT2D eigenvalue weighted by Gasteiger charge is -2.33. The Hall–Kier alpha value is -2.34. The van der Waals surface area contributed by atoms with Crippen LogP contribution in [0.25, 0.3) is 5.69 Å². The van der Waals surface area contributed by atoms with E-state index in [4.69, 9.17) is 0 Å². The summed E-state index contributed by atoms with van der Waals surface area (Å²) >= 11 is 1.81. The van der Waals surface area contributed by atoms with Crippen molar-refractivity contribution >= 4 is 17.5 Å². The lowest BCUT2D eigenvalue weighted by atomic mass is 9.79. The largest absolute Gasteiger partial charge is 0.361 e. The summed E-state index contributed by atoms with van der Waals surface area (Å²) in [6.07, 6.45) is 8.37. The Balaban J connectivity index is 1.67. The minimum Gasteiger partial charge on any atom is -0.361 e. The number of nitrogens with one attached hydrogen (secondary N) is 1. The number of dihydropyridines is 1. The summed E-state index contributed by atoms with van der Waals surface area (Å²) in [5.74, 6) is 0.872. The molecule has 0 bridgehead atoms. The monoisotopic (exact) mass is 367 g/mol. The first-order valence-corrected chi connectivity index (χ1v) is 9.88. The molecule has 6 heteroatoms. The summed E-state index contributed by atoms with van der Waals surface area (Å²) in [6, 6.07) is 5.19. The molecule has 5 rings (SSSR count). The SMILES string of the molecule is O=C1CCCC2=C1C(c1ccc(F)c(-n3ccnc3)c1)C1=C(CCS1)N2. The van der Waals surface area contributed by atoms with Crippen molar-refractivity contribution in [3.8, 4) is 5.69 Å². The molecular formula is C20H18FN3OS. The van der Waals surface area contributed by atoms with Crippen LogP contribution in [0.15, 0.2) is 58.8 Å². The van der Waals surface area contributed by atoms with E-state index in [-0.39, 0.29) is 17.5 Å². The fraction of sp³-hybridized carbons (Fsp3) is 0.300. The van der Waals surface area contributed by atoms with Gasteiger partial charge in [0.05, 0.1) is 12.0 Å². The highest BCUT2D eigenvalue weighted by molar-refractivity contribution is 8.03. The number of hydrogen-bond donors (Lipinski definition) is 1. The minimum absolute atomic E-state index is 0.0792. The summed E-state index contributed by atoms with van der Waals surface area (Å²) in [5, 5.41) is 3.53. The molecule has 1 atom stereocenters. The molecule has 1 aliphatic carbocycles. The van der Waals surface area contributed by atoms with Crippen molar-refractivity contribution < 1.29 is 9.18 Å². The van der Waals surface area contributed by atoms with Gasteiger partial charge in [0.1, 0.15) is 5.82 Å². The molecule has 4 nitrogen and oxygen atoms in total. The van der Waals surface area contributed by atoms with Gasteiger partial charge in [0.25, 0.3) is 0 Å². The molecule has 1 aromatic heterocycles. The number of halogens is 1. The number of nitrogens with zero attached hydrogens (tertiary/aromatic N) is 2. The van der Waals surface area contributed by atoms with E-state index in [1.54, 1.807) is 23.3 Å². The number of carbonyl (C=O) groups excluding carboxylic acids is 1. The van der Waals surface area contributed by atoms with Crippen LogP contribution < -0.4 is 5.32 Å². The van der Waals surface area contributed by atoms with Crippen LogP contribution in [0.3, 0.4) is 0 Å². The fourth-order valence-corrected chi connectivity index (χ4v) is 5.40. The lowest BCUT2D eigenvalue weighted by molar-refractivity contribution is -0.116. The zero-order valence-electron chi connectivity index (χ0n) is 14.2. The van der Waals surface area contributed by atoms with Crippen LogP contribution >= 0.6 is 11.8 Å². The van der Waals surface area contributed by atoms with Crippen molar-refractivity contribution in [3.63, 3.8) is 0 Å². The molecular weight excluding hydrogens is 349 g/mol. The second-order valence-electron chi connectivity index (χ2n) is 6.85. The highest BCUT2D eigenvalue weighted by Crippen LogP contribution is 2.50. The van der Waals surface area contributed by atoms with Gasteiger partial charge in [-0.3, -0.25) is 4.79 Å². The Bertz CT molecular complexity index is 961. The van der Waals surface area contributed by atoms with Crippen LogP contribution in [0.2, 0.25) is 0 Å². The molecule has 2 aliphatic heterocycles. The second-order valence-corrected chi connectivity index (χ2v) is 7.99. The smallest absolute Gasteiger partial charge is 0.161 e. The van der Waals surface area contributed by atoms with Gasteiger partial charge in [0, 0.05) is 52.4 Å². The molecule has 0 spiro atoms. The quantitative estimate of drug-likeness (QED) is 0.870. The molecule has 0 radical (unpaired) electrons. The summed E-state index contributed by atoms with van der Waals surface area (Å²) in [5.41, 5.74) is 4.63. The molecule has 1 N–H and O–H groups in total. The molecule has 2 aromatic rings. The molecule has 132 valence electrons. The number of imidazole rings is 1. The van der Waals surface area contributed by atoms with Gasteiger partial charge in [-0.15, -0.1) is 11.8 Å². The first kappa shape index (κ1) is 15.9. The summed E-state index contributed by atoms with van der Waals surface area (Å²) in [4.78, 5) is 18.0. The third kappa shape index (κ3) is 2.43. The Morgan fingerprint density at radius 1 is 1.23 bits per heavy atom. The fourth-order valence-electron chi connectivity index (χ4n) is 4.12. The van der Waals surface area contributed by atoms with Crippen LogP contribution in [0.4, 0.5) is 4.39 Å². The van der Waals surface area contributed by atoms with Crippen LogP contribution in [-0.4, -0.2) is 21.1 Å². The average Bonchev–Trinajstić information content (AvgIpc) is 3.32. The van der Waals surface area contributed by atoms with Crippen molar-refractivity contribution in [2.75, 3.05) is 5.75 Å². The number of Topliss-reactive ketones (excluding diaryl/α,β-unsaturated/α-hetero) is 1. The maximum Gasteiger partial charge on any atom is 0.161 e. The number of benzene rings is 1. The van der Waals surface area contributed by atoms with Gasteiger partial charge < -0.3 is 9.88 Å². The van der Waals surface area contributed by atoms with E-state index < -0.39 is 0 Å². The molecule has 0 saturated carbocycles. The van der Waals surface area contributed by atoms with Gasteiger partial charge in [-0.2, -0.15) is 0 Å². The summed E-state index contributed by atoms with van der Waals surface area (Å²) < 4.78 is 16.1.